The summed E-state index contributed by atoms with van der Waals surface area (Å²) in [6.45, 7) is 5.63. The molecule has 1 aromatic heterocycles. The van der Waals surface area contributed by atoms with E-state index in [9.17, 15) is 0 Å². The van der Waals surface area contributed by atoms with Crippen molar-refractivity contribution < 1.29 is 0 Å². The van der Waals surface area contributed by atoms with Gasteiger partial charge in [0.25, 0.3) is 0 Å². The van der Waals surface area contributed by atoms with E-state index in [1.165, 1.54) is 18.5 Å². The Kier molecular flexibility index (Phi) is 3.67. The third-order valence-corrected chi connectivity index (χ3v) is 4.36. The highest BCUT2D eigenvalue weighted by Crippen LogP contribution is 2.39. The van der Waals surface area contributed by atoms with Crippen LogP contribution in [-0.2, 0) is 0 Å². The van der Waals surface area contributed by atoms with E-state index < -0.39 is 0 Å². The number of rotatable bonds is 5. The van der Waals surface area contributed by atoms with Gasteiger partial charge in [-0.15, -0.1) is 0 Å². The molecule has 0 saturated heterocycles. The van der Waals surface area contributed by atoms with Crippen LogP contribution in [0.3, 0.4) is 0 Å². The quantitative estimate of drug-likeness (QED) is 0.854. The van der Waals surface area contributed by atoms with Crippen LogP contribution in [0.5, 0.6) is 0 Å². The summed E-state index contributed by atoms with van der Waals surface area (Å²) in [6, 6.07) is 2.76. The molecule has 4 unspecified atom stereocenters. The summed E-state index contributed by atoms with van der Waals surface area (Å²) in [5.41, 5.74) is 7.49. The van der Waals surface area contributed by atoms with Crippen molar-refractivity contribution in [2.45, 2.75) is 32.4 Å². The van der Waals surface area contributed by atoms with E-state index in [0.717, 1.165) is 11.8 Å². The first kappa shape index (κ1) is 12.1. The van der Waals surface area contributed by atoms with Crippen LogP contribution in [0.2, 0.25) is 0 Å². The largest absolute Gasteiger partial charge is 0.326 e. The van der Waals surface area contributed by atoms with E-state index in [1.807, 2.05) is 0 Å². The number of hydrogen-bond donors (Lipinski definition) is 1. The van der Waals surface area contributed by atoms with Crippen molar-refractivity contribution in [3.63, 3.8) is 0 Å². The Hall–Kier alpha value is -0.380. The molecule has 16 heavy (non-hydrogen) atoms. The van der Waals surface area contributed by atoms with Crippen LogP contribution in [0.15, 0.2) is 16.8 Å². The molecule has 1 heterocycles. The SMILES string of the molecule is CC(N)C(c1ccsc1)N(C)CC1CC1C. The Morgan fingerprint density at radius 2 is 2.31 bits per heavy atom. The zero-order valence-electron chi connectivity index (χ0n) is 10.4. The van der Waals surface area contributed by atoms with Crippen LogP contribution < -0.4 is 5.73 Å². The van der Waals surface area contributed by atoms with Gasteiger partial charge in [0, 0.05) is 12.6 Å². The van der Waals surface area contributed by atoms with Gasteiger partial charge < -0.3 is 5.73 Å². The molecular formula is C13H22N2S. The topological polar surface area (TPSA) is 29.3 Å². The number of nitrogens with zero attached hydrogens (tertiary/aromatic N) is 1. The molecule has 4 atom stereocenters. The molecule has 1 saturated carbocycles. The van der Waals surface area contributed by atoms with Gasteiger partial charge in [0.2, 0.25) is 0 Å². The molecule has 3 heteroatoms. The molecule has 0 aromatic carbocycles. The van der Waals surface area contributed by atoms with E-state index in [0.29, 0.717) is 6.04 Å². The first-order valence-corrected chi connectivity index (χ1v) is 7.01. The van der Waals surface area contributed by atoms with Gasteiger partial charge in [-0.05, 0) is 54.6 Å². The zero-order valence-corrected chi connectivity index (χ0v) is 11.2. The van der Waals surface area contributed by atoms with E-state index in [4.69, 9.17) is 5.73 Å². The van der Waals surface area contributed by atoms with Crippen LogP contribution in [0.25, 0.3) is 0 Å². The smallest absolute Gasteiger partial charge is 0.0501 e. The van der Waals surface area contributed by atoms with Gasteiger partial charge in [0.05, 0.1) is 6.04 Å². The highest BCUT2D eigenvalue weighted by molar-refractivity contribution is 7.07. The fraction of sp³-hybridized carbons (Fsp3) is 0.692. The standard InChI is InChI=1S/C13H22N2S/c1-9-6-12(9)7-15(3)13(10(2)14)11-4-5-16-8-11/h4-5,8-10,12-13H,6-7,14H2,1-3H3. The van der Waals surface area contributed by atoms with E-state index in [1.54, 1.807) is 11.3 Å². The molecule has 0 bridgehead atoms. The lowest BCUT2D eigenvalue weighted by Crippen LogP contribution is -2.38. The maximum atomic E-state index is 6.12. The van der Waals surface area contributed by atoms with Crippen molar-refractivity contribution in [1.29, 1.82) is 0 Å². The lowest BCUT2D eigenvalue weighted by Gasteiger charge is -2.30. The van der Waals surface area contributed by atoms with Crippen molar-refractivity contribution in [3.8, 4) is 0 Å². The minimum Gasteiger partial charge on any atom is -0.326 e. The Labute approximate surface area is 102 Å². The summed E-state index contributed by atoms with van der Waals surface area (Å²) in [5.74, 6) is 1.81. The molecule has 90 valence electrons. The summed E-state index contributed by atoms with van der Waals surface area (Å²) in [5, 5.41) is 4.36. The van der Waals surface area contributed by atoms with Crippen LogP contribution in [0.1, 0.15) is 31.9 Å². The molecule has 2 rings (SSSR count). The predicted octanol–water partition coefficient (Wildman–Crippen LogP) is 2.72. The molecule has 0 amide bonds. The van der Waals surface area contributed by atoms with Gasteiger partial charge >= 0.3 is 0 Å². The summed E-state index contributed by atoms with van der Waals surface area (Å²) in [6.07, 6.45) is 1.39. The molecule has 0 spiro atoms. The molecule has 1 aliphatic rings. The highest BCUT2D eigenvalue weighted by atomic mass is 32.1. The lowest BCUT2D eigenvalue weighted by atomic mass is 10.0. The van der Waals surface area contributed by atoms with E-state index in [2.05, 4.69) is 42.6 Å². The first-order chi connectivity index (χ1) is 7.59. The maximum absolute atomic E-state index is 6.12. The second kappa shape index (κ2) is 4.86. The Bertz CT molecular complexity index is 321. The zero-order chi connectivity index (χ0) is 11.7. The van der Waals surface area contributed by atoms with Gasteiger partial charge in [-0.2, -0.15) is 11.3 Å². The first-order valence-electron chi connectivity index (χ1n) is 6.07. The van der Waals surface area contributed by atoms with Gasteiger partial charge in [-0.1, -0.05) is 6.92 Å². The van der Waals surface area contributed by atoms with Gasteiger partial charge in [-0.3, -0.25) is 4.90 Å². The van der Waals surface area contributed by atoms with Gasteiger partial charge in [0.1, 0.15) is 0 Å². The molecule has 1 fully saturated rings. The third kappa shape index (κ3) is 2.65. The molecular weight excluding hydrogens is 216 g/mol. The number of nitrogens with two attached hydrogens (primary N) is 1. The van der Waals surface area contributed by atoms with Gasteiger partial charge in [0.15, 0.2) is 0 Å². The lowest BCUT2D eigenvalue weighted by molar-refractivity contribution is 0.208. The second-order valence-electron chi connectivity index (χ2n) is 5.27. The van der Waals surface area contributed by atoms with Crippen molar-refractivity contribution in [2.24, 2.45) is 17.6 Å². The second-order valence-corrected chi connectivity index (χ2v) is 6.05. The summed E-state index contributed by atoms with van der Waals surface area (Å²) < 4.78 is 0. The molecule has 0 aliphatic heterocycles. The Morgan fingerprint density at radius 3 is 2.75 bits per heavy atom. The van der Waals surface area contributed by atoms with Crippen LogP contribution in [0, 0.1) is 11.8 Å². The fourth-order valence-electron chi connectivity index (χ4n) is 2.54. The molecule has 1 aromatic rings. The molecule has 1 aliphatic carbocycles. The maximum Gasteiger partial charge on any atom is 0.0501 e. The normalized spacial score (nSPS) is 28.1. The van der Waals surface area contributed by atoms with E-state index >= 15 is 0 Å². The average Bonchev–Trinajstić information content (AvgIpc) is 2.68. The summed E-state index contributed by atoms with van der Waals surface area (Å²) in [7, 11) is 2.21. The van der Waals surface area contributed by atoms with E-state index in [-0.39, 0.29) is 6.04 Å². The monoisotopic (exact) mass is 238 g/mol. The Morgan fingerprint density at radius 1 is 1.62 bits per heavy atom. The van der Waals surface area contributed by atoms with Crippen LogP contribution in [0.4, 0.5) is 0 Å². The number of likely N-dealkylation sites (N-methyl/N-ethyl adjacent to an activating group) is 1. The van der Waals surface area contributed by atoms with Crippen LogP contribution >= 0.6 is 11.3 Å². The van der Waals surface area contributed by atoms with Crippen molar-refractivity contribution >= 4 is 11.3 Å². The van der Waals surface area contributed by atoms with Crippen molar-refractivity contribution in [1.82, 2.24) is 4.90 Å². The fourth-order valence-corrected chi connectivity index (χ4v) is 3.23. The average molecular weight is 238 g/mol. The van der Waals surface area contributed by atoms with Crippen molar-refractivity contribution in [3.05, 3.63) is 22.4 Å². The highest BCUT2D eigenvalue weighted by Gasteiger charge is 2.35. The number of hydrogen-bond acceptors (Lipinski definition) is 3. The summed E-state index contributed by atoms with van der Waals surface area (Å²) in [4.78, 5) is 2.43. The molecule has 2 nitrogen and oxygen atoms in total. The predicted molar refractivity (Wildman–Crippen MR) is 70.6 cm³/mol. The third-order valence-electron chi connectivity index (χ3n) is 3.66. The minimum atomic E-state index is 0.189. The van der Waals surface area contributed by atoms with Gasteiger partial charge in [-0.25, -0.2) is 0 Å². The number of thiophene rings is 1. The minimum absolute atomic E-state index is 0.189. The van der Waals surface area contributed by atoms with Crippen LogP contribution in [-0.4, -0.2) is 24.5 Å². The molecule has 0 radical (unpaired) electrons. The molecule has 2 N–H and O–H groups in total. The Balaban J connectivity index is 2.01. The van der Waals surface area contributed by atoms with Crippen molar-refractivity contribution in [2.75, 3.05) is 13.6 Å². The summed E-state index contributed by atoms with van der Waals surface area (Å²) >= 11 is 1.76.